The first-order valence-corrected chi connectivity index (χ1v) is 11.8. The van der Waals surface area contributed by atoms with Gasteiger partial charge in [0.05, 0.1) is 11.5 Å². The van der Waals surface area contributed by atoms with Crippen molar-refractivity contribution < 1.29 is 23.1 Å². The van der Waals surface area contributed by atoms with Crippen LogP contribution >= 0.6 is 0 Å². The van der Waals surface area contributed by atoms with Gasteiger partial charge in [0.2, 0.25) is 0 Å². The zero-order valence-corrected chi connectivity index (χ0v) is 20.5. The van der Waals surface area contributed by atoms with Crippen molar-refractivity contribution in [3.63, 3.8) is 0 Å². The minimum absolute atomic E-state index is 0.168. The predicted octanol–water partition coefficient (Wildman–Crippen LogP) is 8.32. The second-order valence-corrected chi connectivity index (χ2v) is 9.69. The van der Waals surface area contributed by atoms with Crippen molar-refractivity contribution in [2.45, 2.75) is 58.7 Å². The molecule has 1 unspecified atom stereocenters. The van der Waals surface area contributed by atoms with E-state index in [9.17, 15) is 23.1 Å². The van der Waals surface area contributed by atoms with Crippen LogP contribution in [0.3, 0.4) is 0 Å². The van der Waals surface area contributed by atoms with Gasteiger partial charge in [-0.15, -0.1) is 0 Å². The zero-order valence-electron chi connectivity index (χ0n) is 20.5. The molecule has 186 valence electrons. The number of carboxylic acids is 1. The molecule has 0 spiro atoms. The Morgan fingerprint density at radius 3 is 2.00 bits per heavy atom. The molecule has 0 heterocycles. The monoisotopic (exact) mass is 483 g/mol. The lowest BCUT2D eigenvalue weighted by atomic mass is 9.88. The average Bonchev–Trinajstić information content (AvgIpc) is 2.80. The zero-order chi connectivity index (χ0) is 25.8. The van der Waals surface area contributed by atoms with Crippen LogP contribution in [0.1, 0.15) is 68.2 Å². The van der Waals surface area contributed by atoms with E-state index in [1.54, 1.807) is 6.07 Å². The molecule has 0 saturated carbocycles. The normalized spacial score (nSPS) is 12.7. The van der Waals surface area contributed by atoms with E-state index in [-0.39, 0.29) is 5.92 Å². The van der Waals surface area contributed by atoms with Gasteiger partial charge >= 0.3 is 12.1 Å². The number of aliphatic carboxylic acids is 1. The summed E-state index contributed by atoms with van der Waals surface area (Å²) in [5.74, 6) is -1.02. The lowest BCUT2D eigenvalue weighted by Gasteiger charge is -2.19. The second kappa shape index (κ2) is 11.0. The summed E-state index contributed by atoms with van der Waals surface area (Å²) in [7, 11) is 0. The minimum Gasteiger partial charge on any atom is -0.481 e. The second-order valence-electron chi connectivity index (χ2n) is 9.69. The number of carboxylic acid groups (broad SMARTS) is 1. The molecule has 2 N–H and O–H groups in total. The standard InChI is InChI=1S/C29H32F3NO2/c1-18(2)13-27(28(34)35)24-14-23(22-9-11-25(12-10-22)29(30,31)32)15-26(16-24)33-17-20-5-7-21(8-6-20)19(3)4/h5-12,14-16,18-19,27,33H,13,17H2,1-4H3,(H,34,35). The van der Waals surface area contributed by atoms with E-state index in [0.717, 1.165) is 23.4 Å². The van der Waals surface area contributed by atoms with Gasteiger partial charge in [0.15, 0.2) is 0 Å². The Balaban J connectivity index is 1.96. The summed E-state index contributed by atoms with van der Waals surface area (Å²) in [6.45, 7) is 8.75. The van der Waals surface area contributed by atoms with Crippen LogP contribution in [0.15, 0.2) is 66.7 Å². The van der Waals surface area contributed by atoms with Crippen molar-refractivity contribution in [3.8, 4) is 11.1 Å². The highest BCUT2D eigenvalue weighted by Gasteiger charge is 2.30. The van der Waals surface area contributed by atoms with E-state index in [1.807, 2.05) is 26.0 Å². The van der Waals surface area contributed by atoms with Gasteiger partial charge in [-0.25, -0.2) is 0 Å². The van der Waals surface area contributed by atoms with E-state index in [1.165, 1.54) is 17.7 Å². The number of nitrogens with one attached hydrogen (secondary N) is 1. The number of hydrogen-bond donors (Lipinski definition) is 2. The van der Waals surface area contributed by atoms with Gasteiger partial charge in [0, 0.05) is 12.2 Å². The summed E-state index contributed by atoms with van der Waals surface area (Å²) in [5.41, 5.74) is 4.22. The fourth-order valence-electron chi connectivity index (χ4n) is 4.05. The lowest BCUT2D eigenvalue weighted by molar-refractivity contribution is -0.139. The Hall–Kier alpha value is -3.28. The number of halogens is 3. The maximum Gasteiger partial charge on any atom is 0.416 e. The van der Waals surface area contributed by atoms with E-state index in [2.05, 4.69) is 43.4 Å². The van der Waals surface area contributed by atoms with Gasteiger partial charge in [-0.1, -0.05) is 70.2 Å². The van der Waals surface area contributed by atoms with Crippen LogP contribution in [-0.4, -0.2) is 11.1 Å². The third kappa shape index (κ3) is 7.10. The largest absolute Gasteiger partial charge is 0.481 e. The molecule has 0 aliphatic carbocycles. The molecule has 1 atom stereocenters. The predicted molar refractivity (Wildman–Crippen MR) is 135 cm³/mol. The molecule has 35 heavy (non-hydrogen) atoms. The van der Waals surface area contributed by atoms with Crippen LogP contribution in [0.4, 0.5) is 18.9 Å². The highest BCUT2D eigenvalue weighted by molar-refractivity contribution is 5.79. The van der Waals surface area contributed by atoms with Crippen molar-refractivity contribution in [3.05, 3.63) is 89.0 Å². The molecule has 6 heteroatoms. The number of rotatable bonds is 9. The fourth-order valence-corrected chi connectivity index (χ4v) is 4.05. The van der Waals surface area contributed by atoms with Gasteiger partial charge in [0.25, 0.3) is 0 Å². The van der Waals surface area contributed by atoms with Crippen molar-refractivity contribution in [1.29, 1.82) is 0 Å². The van der Waals surface area contributed by atoms with Crippen molar-refractivity contribution in [1.82, 2.24) is 0 Å². The molecule has 0 bridgehead atoms. The fraction of sp³-hybridized carbons (Fsp3) is 0.345. The summed E-state index contributed by atoms with van der Waals surface area (Å²) >= 11 is 0. The molecule has 0 saturated heterocycles. The molecule has 3 aromatic rings. The number of hydrogen-bond acceptors (Lipinski definition) is 2. The van der Waals surface area contributed by atoms with Gasteiger partial charge in [-0.05, 0) is 70.3 Å². The van der Waals surface area contributed by atoms with Crippen LogP contribution in [0.5, 0.6) is 0 Å². The highest BCUT2D eigenvalue weighted by Crippen LogP contribution is 2.34. The molecule has 3 rings (SSSR count). The molecule has 0 amide bonds. The SMILES string of the molecule is CC(C)CC(C(=O)O)c1cc(NCc2ccc(C(C)C)cc2)cc(-c2ccc(C(F)(F)F)cc2)c1. The molecule has 0 fully saturated rings. The maximum absolute atomic E-state index is 13.0. The summed E-state index contributed by atoms with van der Waals surface area (Å²) < 4.78 is 39.1. The van der Waals surface area contributed by atoms with Gasteiger partial charge in [-0.3, -0.25) is 4.79 Å². The third-order valence-corrected chi connectivity index (χ3v) is 6.05. The topological polar surface area (TPSA) is 49.3 Å². The van der Waals surface area contributed by atoms with Crippen LogP contribution in [-0.2, 0) is 17.5 Å². The molecule has 3 aromatic carbocycles. The van der Waals surface area contributed by atoms with E-state index < -0.39 is 23.6 Å². The Morgan fingerprint density at radius 1 is 0.857 bits per heavy atom. The van der Waals surface area contributed by atoms with Crippen molar-refractivity contribution in [2.24, 2.45) is 5.92 Å². The molecule has 0 aliphatic rings. The Bertz CT molecular complexity index is 1130. The van der Waals surface area contributed by atoms with E-state index >= 15 is 0 Å². The van der Waals surface area contributed by atoms with Gasteiger partial charge in [-0.2, -0.15) is 13.2 Å². The summed E-state index contributed by atoms with van der Waals surface area (Å²) in [6.07, 6.45) is -3.95. The molecule has 0 aliphatic heterocycles. The van der Waals surface area contributed by atoms with E-state index in [4.69, 9.17) is 0 Å². The van der Waals surface area contributed by atoms with Crippen LogP contribution in [0, 0.1) is 5.92 Å². The minimum atomic E-state index is -4.41. The van der Waals surface area contributed by atoms with Gasteiger partial charge < -0.3 is 10.4 Å². The first-order chi connectivity index (χ1) is 16.4. The molecule has 0 aromatic heterocycles. The van der Waals surface area contributed by atoms with Crippen molar-refractivity contribution >= 4 is 11.7 Å². The Labute approximate surface area is 205 Å². The Morgan fingerprint density at radius 2 is 1.49 bits per heavy atom. The van der Waals surface area contributed by atoms with Crippen LogP contribution < -0.4 is 5.32 Å². The average molecular weight is 484 g/mol. The highest BCUT2D eigenvalue weighted by atomic mass is 19.4. The first kappa shape index (κ1) is 26.3. The number of anilines is 1. The smallest absolute Gasteiger partial charge is 0.416 e. The first-order valence-electron chi connectivity index (χ1n) is 11.8. The van der Waals surface area contributed by atoms with Gasteiger partial charge in [0.1, 0.15) is 0 Å². The quantitative estimate of drug-likeness (QED) is 0.322. The number of alkyl halides is 3. The molecule has 3 nitrogen and oxygen atoms in total. The number of carbonyl (C=O) groups is 1. The van der Waals surface area contributed by atoms with Crippen LogP contribution in [0.25, 0.3) is 11.1 Å². The maximum atomic E-state index is 13.0. The lowest BCUT2D eigenvalue weighted by Crippen LogP contribution is -2.14. The van der Waals surface area contributed by atoms with Crippen LogP contribution in [0.2, 0.25) is 0 Å². The Kier molecular flexibility index (Phi) is 8.26. The molecular weight excluding hydrogens is 451 g/mol. The summed E-state index contributed by atoms with van der Waals surface area (Å²) in [4.78, 5) is 12.1. The van der Waals surface area contributed by atoms with Crippen molar-refractivity contribution in [2.75, 3.05) is 5.32 Å². The summed E-state index contributed by atoms with van der Waals surface area (Å²) in [5, 5.41) is 13.3. The number of benzene rings is 3. The summed E-state index contributed by atoms with van der Waals surface area (Å²) in [6, 6.07) is 18.7. The van der Waals surface area contributed by atoms with E-state index in [0.29, 0.717) is 35.6 Å². The third-order valence-electron chi connectivity index (χ3n) is 6.05. The molecular formula is C29H32F3NO2. The molecule has 0 radical (unpaired) electrons.